The highest BCUT2D eigenvalue weighted by Gasteiger charge is 2.70. The van der Waals surface area contributed by atoms with Gasteiger partial charge in [0.25, 0.3) is 0 Å². The minimum absolute atomic E-state index is 0.0979. The van der Waals surface area contributed by atoms with E-state index in [0.29, 0.717) is 0 Å². The minimum Gasteiger partial charge on any atom is -0.481 e. The Bertz CT molecular complexity index is 642. The summed E-state index contributed by atoms with van der Waals surface area (Å²) in [7, 11) is 0. The molecule has 1 aromatic carbocycles. The molecular formula is C14H11F6NO3. The number of likely N-dealkylation sites (tertiary alicyclic amines) is 1. The van der Waals surface area contributed by atoms with Gasteiger partial charge in [-0.25, -0.2) is 0 Å². The van der Waals surface area contributed by atoms with E-state index in [0.717, 1.165) is 0 Å². The molecule has 1 aliphatic heterocycles. The van der Waals surface area contributed by atoms with Gasteiger partial charge < -0.3 is 10.0 Å². The molecule has 1 aromatic rings. The molecule has 1 heterocycles. The smallest absolute Gasteiger partial charge is 0.471 e. The van der Waals surface area contributed by atoms with Crippen LogP contribution in [0.3, 0.4) is 0 Å². The molecule has 2 atom stereocenters. The fourth-order valence-electron chi connectivity index (χ4n) is 2.89. The molecule has 1 aliphatic rings. The largest absolute Gasteiger partial charge is 0.481 e. The van der Waals surface area contributed by atoms with Gasteiger partial charge in [0, 0.05) is 19.0 Å². The number of carbonyl (C=O) groups is 2. The third-order valence-electron chi connectivity index (χ3n) is 4.06. The Labute approximate surface area is 131 Å². The fraction of sp³-hybridized carbons (Fsp3) is 0.429. The van der Waals surface area contributed by atoms with Gasteiger partial charge in [0.2, 0.25) is 0 Å². The molecule has 1 N–H and O–H groups in total. The summed E-state index contributed by atoms with van der Waals surface area (Å²) in [5, 5.41) is 9.19. The van der Waals surface area contributed by atoms with Crippen molar-refractivity contribution in [2.75, 3.05) is 13.1 Å². The van der Waals surface area contributed by atoms with E-state index in [4.69, 9.17) is 0 Å². The van der Waals surface area contributed by atoms with Crippen molar-refractivity contribution in [3.63, 3.8) is 0 Å². The first-order valence-electron chi connectivity index (χ1n) is 6.62. The third-order valence-corrected chi connectivity index (χ3v) is 4.06. The van der Waals surface area contributed by atoms with Crippen molar-refractivity contribution in [1.29, 1.82) is 0 Å². The van der Waals surface area contributed by atoms with Crippen LogP contribution in [0, 0.1) is 5.41 Å². The van der Waals surface area contributed by atoms with Crippen LogP contribution in [0.4, 0.5) is 26.3 Å². The van der Waals surface area contributed by atoms with Gasteiger partial charge in [-0.3, -0.25) is 9.59 Å². The molecule has 132 valence electrons. The number of aliphatic carboxylic acids is 1. The number of hydrogen-bond acceptors (Lipinski definition) is 2. The molecule has 1 amide bonds. The highest BCUT2D eigenvalue weighted by molar-refractivity contribution is 5.85. The Hall–Kier alpha value is -2.26. The summed E-state index contributed by atoms with van der Waals surface area (Å²) in [6, 6.07) is 6.53. The molecular weight excluding hydrogens is 344 g/mol. The second-order valence-electron chi connectivity index (χ2n) is 5.42. The summed E-state index contributed by atoms with van der Waals surface area (Å²) in [6.07, 6.45) is -10.7. The lowest BCUT2D eigenvalue weighted by atomic mass is 9.74. The van der Waals surface area contributed by atoms with Crippen molar-refractivity contribution in [3.05, 3.63) is 35.9 Å². The summed E-state index contributed by atoms with van der Waals surface area (Å²) in [6.45, 7) is -2.59. The van der Waals surface area contributed by atoms with Crippen molar-refractivity contribution in [2.24, 2.45) is 5.41 Å². The molecule has 0 saturated carbocycles. The number of hydrogen-bond donors (Lipinski definition) is 1. The van der Waals surface area contributed by atoms with Gasteiger partial charge in [0.1, 0.15) is 0 Å². The van der Waals surface area contributed by atoms with E-state index in [-0.39, 0.29) is 10.5 Å². The van der Waals surface area contributed by atoms with Crippen LogP contribution in [0.1, 0.15) is 11.5 Å². The Morgan fingerprint density at radius 2 is 1.62 bits per heavy atom. The number of benzene rings is 1. The van der Waals surface area contributed by atoms with Gasteiger partial charge in [0.15, 0.2) is 5.41 Å². The van der Waals surface area contributed by atoms with Gasteiger partial charge in [0.05, 0.1) is 0 Å². The Morgan fingerprint density at radius 1 is 1.08 bits per heavy atom. The predicted molar refractivity (Wildman–Crippen MR) is 67.9 cm³/mol. The SMILES string of the molecule is O=C(N1C[C@@H](c2ccccc2)[C@@](C(=O)O)(C(F)(F)F)C1)C(F)(F)F. The van der Waals surface area contributed by atoms with E-state index in [9.17, 15) is 41.0 Å². The Morgan fingerprint density at radius 3 is 2.04 bits per heavy atom. The lowest BCUT2D eigenvalue weighted by molar-refractivity contribution is -0.232. The molecule has 1 saturated heterocycles. The lowest BCUT2D eigenvalue weighted by Crippen LogP contribution is -2.51. The molecule has 24 heavy (non-hydrogen) atoms. The number of amides is 1. The molecule has 0 radical (unpaired) electrons. The van der Waals surface area contributed by atoms with Crippen LogP contribution in [0.2, 0.25) is 0 Å². The van der Waals surface area contributed by atoms with Gasteiger partial charge >= 0.3 is 24.2 Å². The van der Waals surface area contributed by atoms with Crippen LogP contribution in [0.15, 0.2) is 30.3 Å². The molecule has 1 fully saturated rings. The molecule has 4 nitrogen and oxygen atoms in total. The lowest BCUT2D eigenvalue weighted by Gasteiger charge is -2.32. The third kappa shape index (κ3) is 2.80. The first-order chi connectivity index (χ1) is 10.9. The Balaban J connectivity index is 2.56. The molecule has 0 unspecified atom stereocenters. The normalized spacial score (nSPS) is 24.9. The minimum atomic E-state index is -5.39. The summed E-state index contributed by atoms with van der Waals surface area (Å²) < 4.78 is 78.3. The summed E-state index contributed by atoms with van der Waals surface area (Å²) in [5.41, 5.74) is -3.61. The van der Waals surface area contributed by atoms with Gasteiger partial charge in [-0.2, -0.15) is 26.3 Å². The monoisotopic (exact) mass is 355 g/mol. The van der Waals surface area contributed by atoms with Crippen LogP contribution in [-0.4, -0.2) is 47.3 Å². The molecule has 0 bridgehead atoms. The predicted octanol–water partition coefficient (Wildman–Crippen LogP) is 2.81. The second-order valence-corrected chi connectivity index (χ2v) is 5.42. The second kappa shape index (κ2) is 5.67. The zero-order valence-electron chi connectivity index (χ0n) is 11.9. The summed E-state index contributed by atoms with van der Waals surface area (Å²) in [4.78, 5) is 22.7. The number of nitrogens with zero attached hydrogens (tertiary/aromatic N) is 1. The molecule has 2 rings (SSSR count). The first-order valence-corrected chi connectivity index (χ1v) is 6.62. The van der Waals surface area contributed by atoms with Crippen LogP contribution < -0.4 is 0 Å². The highest BCUT2D eigenvalue weighted by atomic mass is 19.4. The molecule has 0 aromatic heterocycles. The van der Waals surface area contributed by atoms with Gasteiger partial charge in [-0.15, -0.1) is 0 Å². The highest BCUT2D eigenvalue weighted by Crippen LogP contribution is 2.53. The topological polar surface area (TPSA) is 57.6 Å². The number of alkyl halides is 6. The van der Waals surface area contributed by atoms with Crippen LogP contribution >= 0.6 is 0 Å². The average Bonchev–Trinajstić information content (AvgIpc) is 2.87. The van der Waals surface area contributed by atoms with E-state index in [1.807, 2.05) is 0 Å². The van der Waals surface area contributed by atoms with Crippen molar-refractivity contribution in [2.45, 2.75) is 18.3 Å². The summed E-state index contributed by atoms with van der Waals surface area (Å²) >= 11 is 0. The van der Waals surface area contributed by atoms with Gasteiger partial charge in [-0.05, 0) is 5.56 Å². The number of rotatable bonds is 2. The maximum atomic E-state index is 13.5. The van der Waals surface area contributed by atoms with Gasteiger partial charge in [-0.1, -0.05) is 30.3 Å². The zero-order valence-corrected chi connectivity index (χ0v) is 11.9. The Kier molecular flexibility index (Phi) is 4.28. The maximum Gasteiger partial charge on any atom is 0.471 e. The molecule has 0 aliphatic carbocycles. The number of carbonyl (C=O) groups excluding carboxylic acids is 1. The maximum absolute atomic E-state index is 13.5. The van der Waals surface area contributed by atoms with Crippen molar-refractivity contribution in [3.8, 4) is 0 Å². The van der Waals surface area contributed by atoms with Crippen molar-refractivity contribution >= 4 is 11.9 Å². The van der Waals surface area contributed by atoms with Crippen molar-refractivity contribution < 1.29 is 41.0 Å². The number of carboxylic acids is 1. The van der Waals surface area contributed by atoms with Crippen LogP contribution in [0.5, 0.6) is 0 Å². The van der Waals surface area contributed by atoms with E-state index in [2.05, 4.69) is 0 Å². The number of halogens is 6. The molecule has 0 spiro atoms. The zero-order chi connectivity index (χ0) is 18.3. The van der Waals surface area contributed by atoms with E-state index in [1.165, 1.54) is 30.3 Å². The summed E-state index contributed by atoms with van der Waals surface area (Å²) in [5.74, 6) is -6.65. The van der Waals surface area contributed by atoms with Crippen molar-refractivity contribution in [1.82, 2.24) is 4.90 Å². The van der Waals surface area contributed by atoms with E-state index in [1.54, 1.807) is 0 Å². The fourth-order valence-corrected chi connectivity index (χ4v) is 2.89. The standard InChI is InChI=1S/C14H11F6NO3/c15-13(16,17)10(22)21-6-9(8-4-2-1-3-5-8)12(7-21,11(23)24)14(18,19)20/h1-5,9H,6-7H2,(H,23,24)/t9-,12-/m0/s1. The van der Waals surface area contributed by atoms with E-state index < -0.39 is 48.7 Å². The van der Waals surface area contributed by atoms with Crippen LogP contribution in [-0.2, 0) is 9.59 Å². The molecule has 10 heteroatoms. The number of carboxylic acid groups (broad SMARTS) is 1. The van der Waals surface area contributed by atoms with Crippen LogP contribution in [0.25, 0.3) is 0 Å². The quantitative estimate of drug-likeness (QED) is 0.830. The van der Waals surface area contributed by atoms with E-state index >= 15 is 0 Å². The first kappa shape index (κ1) is 18.1. The average molecular weight is 355 g/mol.